The van der Waals surface area contributed by atoms with Crippen molar-refractivity contribution >= 4 is 22.5 Å². The number of halogens is 1. The summed E-state index contributed by atoms with van der Waals surface area (Å²) in [6.07, 6.45) is 5.52. The van der Waals surface area contributed by atoms with Crippen molar-refractivity contribution < 1.29 is 19.0 Å². The zero-order valence-electron chi connectivity index (χ0n) is 22.3. The summed E-state index contributed by atoms with van der Waals surface area (Å²) >= 11 is 0. The Bertz CT molecular complexity index is 1470. The molecule has 2 N–H and O–H groups in total. The van der Waals surface area contributed by atoms with E-state index in [0.717, 1.165) is 51.3 Å². The van der Waals surface area contributed by atoms with Gasteiger partial charge in [-0.1, -0.05) is 13.5 Å². The predicted octanol–water partition coefficient (Wildman–Crippen LogP) is 5.58. The Morgan fingerprint density at radius 1 is 1.18 bits per heavy atom. The third kappa shape index (κ3) is 6.39. The Labute approximate surface area is 235 Å². The lowest BCUT2D eigenvalue weighted by Crippen LogP contribution is -2.27. The highest BCUT2D eigenvalue weighted by Gasteiger charge is 2.28. The van der Waals surface area contributed by atoms with Gasteiger partial charge in [-0.05, 0) is 68.3 Å². The second-order valence-electron chi connectivity index (χ2n) is 9.79. The number of aliphatic hydroxyl groups excluding tert-OH is 1. The molecular weight excluding hydrogens is 507 g/mol. The van der Waals surface area contributed by atoms with Gasteiger partial charge in [0.2, 0.25) is 0 Å². The van der Waals surface area contributed by atoms with Crippen molar-refractivity contribution in [1.29, 1.82) is 0 Å². The molecule has 0 atom stereocenters. The van der Waals surface area contributed by atoms with Crippen molar-refractivity contribution in [2.24, 2.45) is 0 Å². The third-order valence-corrected chi connectivity index (χ3v) is 6.93. The van der Waals surface area contributed by atoms with Crippen LogP contribution < -0.4 is 15.0 Å². The largest absolute Gasteiger partial charge is 0.491 e. The van der Waals surface area contributed by atoms with E-state index in [9.17, 15) is 9.18 Å². The Morgan fingerprint density at radius 3 is 2.65 bits per heavy atom. The fourth-order valence-electron chi connectivity index (χ4n) is 4.82. The molecule has 1 aliphatic carbocycles. The monoisotopic (exact) mass is 544 g/mol. The summed E-state index contributed by atoms with van der Waals surface area (Å²) in [7, 11) is 2.07. The van der Waals surface area contributed by atoms with Gasteiger partial charge in [-0.15, -0.1) is 0 Å². The van der Waals surface area contributed by atoms with Crippen LogP contribution in [0.25, 0.3) is 22.2 Å². The first-order chi connectivity index (χ1) is 19.0. The highest BCUT2D eigenvalue weighted by molar-refractivity contribution is 6.02. The first kappa shape index (κ1) is 29.0. The number of hydrogen-bond acceptors (Lipinski definition) is 6. The topological polar surface area (TPSA) is 87.6 Å². The minimum atomic E-state index is -0.286. The second kappa shape index (κ2) is 12.9. The van der Waals surface area contributed by atoms with Gasteiger partial charge in [0.1, 0.15) is 17.3 Å². The van der Waals surface area contributed by atoms with E-state index < -0.39 is 0 Å². The number of ether oxygens (including phenoxy) is 1. The molecule has 0 bridgehead atoms. The Hall–Kier alpha value is -4.04. The van der Waals surface area contributed by atoms with Crippen molar-refractivity contribution in [1.82, 2.24) is 15.3 Å². The number of carbonyl (C=O) groups excluding carboxylic acids is 1. The van der Waals surface area contributed by atoms with Crippen LogP contribution in [-0.2, 0) is 12.8 Å². The van der Waals surface area contributed by atoms with E-state index in [0.29, 0.717) is 31.2 Å². The van der Waals surface area contributed by atoms with Gasteiger partial charge in [-0.25, -0.2) is 9.37 Å². The maximum atomic E-state index is 13.4. The molecule has 1 amide bonds. The molecular formula is C32H37FN4O3. The fraction of sp³-hybridized carbons (Fsp3) is 0.344. The Balaban J connectivity index is 0.000000886. The number of rotatable bonds is 7. The van der Waals surface area contributed by atoms with E-state index in [2.05, 4.69) is 22.2 Å². The normalized spacial score (nSPS) is 13.4. The summed E-state index contributed by atoms with van der Waals surface area (Å²) in [4.78, 5) is 24.7. The van der Waals surface area contributed by atoms with Gasteiger partial charge < -0.3 is 20.1 Å². The summed E-state index contributed by atoms with van der Waals surface area (Å²) in [5.41, 5.74) is 6.04. The summed E-state index contributed by atoms with van der Waals surface area (Å²) in [6.45, 7) is 2.99. The van der Waals surface area contributed by atoms with Crippen molar-refractivity contribution in [2.75, 3.05) is 31.7 Å². The lowest BCUT2D eigenvalue weighted by Gasteiger charge is -2.21. The average Bonchev–Trinajstić information content (AvgIpc) is 3.69. The third-order valence-electron chi connectivity index (χ3n) is 6.93. The molecule has 0 saturated heterocycles. The van der Waals surface area contributed by atoms with E-state index in [1.165, 1.54) is 25.0 Å². The van der Waals surface area contributed by atoms with Crippen LogP contribution in [0.3, 0.4) is 0 Å². The van der Waals surface area contributed by atoms with Gasteiger partial charge in [0.05, 0.1) is 17.8 Å². The Kier molecular flexibility index (Phi) is 9.32. The van der Waals surface area contributed by atoms with E-state index in [1.807, 2.05) is 30.3 Å². The molecule has 3 heterocycles. The maximum Gasteiger partial charge on any atom is 0.251 e. The summed E-state index contributed by atoms with van der Waals surface area (Å²) in [5.74, 6) is 0.368. The van der Waals surface area contributed by atoms with Crippen LogP contribution in [0.1, 0.15) is 48.8 Å². The van der Waals surface area contributed by atoms with Crippen LogP contribution in [0.15, 0.2) is 60.8 Å². The highest BCUT2D eigenvalue weighted by Crippen LogP contribution is 2.36. The van der Waals surface area contributed by atoms with E-state index in [-0.39, 0.29) is 25.8 Å². The van der Waals surface area contributed by atoms with E-state index >= 15 is 0 Å². The number of nitrogens with zero attached hydrogens (tertiary/aromatic N) is 3. The van der Waals surface area contributed by atoms with E-state index in [4.69, 9.17) is 14.8 Å². The predicted molar refractivity (Wildman–Crippen MR) is 158 cm³/mol. The first-order valence-electron chi connectivity index (χ1n) is 13.4. The molecule has 6 rings (SSSR count). The van der Waals surface area contributed by atoms with Gasteiger partial charge in [0.25, 0.3) is 5.91 Å². The van der Waals surface area contributed by atoms with Crippen LogP contribution in [0.4, 0.5) is 10.1 Å². The van der Waals surface area contributed by atoms with Gasteiger partial charge in [-0.3, -0.25) is 9.78 Å². The minimum Gasteiger partial charge on any atom is -0.491 e. The minimum absolute atomic E-state index is 0. The number of fused-ring (bicyclic) bond motifs is 2. The van der Waals surface area contributed by atoms with Gasteiger partial charge in [0, 0.05) is 73.1 Å². The van der Waals surface area contributed by atoms with Crippen LogP contribution in [0.5, 0.6) is 5.75 Å². The van der Waals surface area contributed by atoms with Crippen molar-refractivity contribution in [3.63, 3.8) is 0 Å². The number of pyridine rings is 2. The molecule has 1 aliphatic heterocycles. The number of amides is 1. The summed E-state index contributed by atoms with van der Waals surface area (Å²) in [6, 6.07) is 16.6. The van der Waals surface area contributed by atoms with Crippen LogP contribution in [-0.4, -0.2) is 53.8 Å². The van der Waals surface area contributed by atoms with Crippen LogP contribution in [0, 0.1) is 5.82 Å². The molecule has 0 radical (unpaired) electrons. The molecule has 4 aromatic rings. The number of aromatic nitrogens is 2. The van der Waals surface area contributed by atoms with Crippen molar-refractivity contribution in [3.05, 3.63) is 83.4 Å². The highest BCUT2D eigenvalue weighted by atomic mass is 19.1. The van der Waals surface area contributed by atoms with Crippen molar-refractivity contribution in [2.45, 2.75) is 46.1 Å². The lowest BCUT2D eigenvalue weighted by molar-refractivity contribution is 0.0954. The molecule has 8 heteroatoms. The number of aliphatic hydroxyl groups is 1. The molecule has 7 nitrogen and oxygen atoms in total. The number of carbonyl (C=O) groups is 1. The number of benzene rings is 2. The van der Waals surface area contributed by atoms with Gasteiger partial charge in [-0.2, -0.15) is 0 Å². The fourth-order valence-corrected chi connectivity index (χ4v) is 4.82. The second-order valence-corrected chi connectivity index (χ2v) is 9.79. The van der Waals surface area contributed by atoms with E-state index in [1.54, 1.807) is 25.3 Å². The average molecular weight is 545 g/mol. The molecule has 0 spiro atoms. The van der Waals surface area contributed by atoms with Gasteiger partial charge in [0.15, 0.2) is 0 Å². The van der Waals surface area contributed by atoms with Crippen molar-refractivity contribution in [3.8, 4) is 17.0 Å². The molecule has 2 aliphatic rings. The molecule has 1 fully saturated rings. The number of anilines is 1. The Morgan fingerprint density at radius 2 is 1.93 bits per heavy atom. The van der Waals surface area contributed by atoms with Crippen LogP contribution in [0.2, 0.25) is 0 Å². The van der Waals surface area contributed by atoms with Gasteiger partial charge >= 0.3 is 0 Å². The number of nitrogens with one attached hydrogen (secondary N) is 1. The van der Waals surface area contributed by atoms with Crippen LogP contribution >= 0.6 is 0 Å². The lowest BCUT2D eigenvalue weighted by atomic mass is 10.0. The first-order valence-corrected chi connectivity index (χ1v) is 13.4. The smallest absolute Gasteiger partial charge is 0.251 e. The summed E-state index contributed by atoms with van der Waals surface area (Å²) in [5, 5.41) is 11.6. The standard InChI is InChI=1S/C29H27FN4O2.C2H6O.CH4/c1-34(24-8-9-24)25-17-21(15-19-3-2-12-31-26(19)25)29(35)32-13-10-23-16-20-11-14-36-28(20)27(33-23)18-4-6-22(30)7-5-18;1-2-3;/h2-7,12,15-17,24H,8-11,13-14H2,1H3,(H,32,35);3H,2H2,1H3;1H4. The number of hydrogen-bond donors (Lipinski definition) is 2. The molecule has 2 aromatic carbocycles. The molecule has 0 unspecified atom stereocenters. The molecule has 2 aromatic heterocycles. The SMILES string of the molecule is C.CCO.CN(c1cc(C(=O)NCCc2cc3c(c(-c4ccc(F)cc4)n2)OCC3)cc2cccnc12)C1CC1. The quantitative estimate of drug-likeness (QED) is 0.316. The maximum absolute atomic E-state index is 13.4. The zero-order valence-corrected chi connectivity index (χ0v) is 22.3. The summed E-state index contributed by atoms with van der Waals surface area (Å²) < 4.78 is 19.3. The molecule has 40 heavy (non-hydrogen) atoms. The molecule has 210 valence electrons. The zero-order chi connectivity index (χ0) is 27.4. The molecule has 1 saturated carbocycles.